The topological polar surface area (TPSA) is 116 Å². The molecule has 0 saturated carbocycles. The number of sulfonamides is 1. The van der Waals surface area contributed by atoms with Crippen LogP contribution in [-0.2, 0) is 24.3 Å². The first-order valence-corrected chi connectivity index (χ1v) is 9.87. The Kier molecular flexibility index (Phi) is 6.95. The molecule has 144 valence electrons. The third kappa shape index (κ3) is 6.06. The summed E-state index contributed by atoms with van der Waals surface area (Å²) < 4.78 is 32.7. The SMILES string of the molecule is C[C@@H](OC(=O)C[C@H](NS(=O)(=O)c1ccccc1)c1ccc(Cl)cc1)C(N)=O. The Morgan fingerprint density at radius 3 is 2.26 bits per heavy atom. The highest BCUT2D eigenvalue weighted by molar-refractivity contribution is 7.89. The number of ether oxygens (including phenoxy) is 1. The summed E-state index contributed by atoms with van der Waals surface area (Å²) in [5.41, 5.74) is 5.59. The van der Waals surface area contributed by atoms with E-state index in [0.717, 1.165) is 0 Å². The summed E-state index contributed by atoms with van der Waals surface area (Å²) in [6.45, 7) is 1.34. The van der Waals surface area contributed by atoms with Crippen molar-refractivity contribution in [1.82, 2.24) is 4.72 Å². The normalized spacial score (nSPS) is 13.6. The minimum absolute atomic E-state index is 0.0582. The first kappa shape index (κ1) is 20.9. The van der Waals surface area contributed by atoms with Crippen molar-refractivity contribution in [2.75, 3.05) is 0 Å². The molecule has 2 aromatic carbocycles. The number of carbonyl (C=O) groups is 2. The van der Waals surface area contributed by atoms with Crippen molar-refractivity contribution in [1.29, 1.82) is 0 Å². The lowest BCUT2D eigenvalue weighted by molar-refractivity contribution is -0.154. The van der Waals surface area contributed by atoms with Gasteiger partial charge in [0.05, 0.1) is 17.4 Å². The highest BCUT2D eigenvalue weighted by Gasteiger charge is 2.25. The summed E-state index contributed by atoms with van der Waals surface area (Å²) in [7, 11) is -3.89. The first-order chi connectivity index (χ1) is 12.7. The Bertz CT molecular complexity index is 901. The Labute approximate surface area is 162 Å². The second-order valence-corrected chi connectivity index (χ2v) is 7.93. The standard InChI is InChI=1S/C18H19ClN2O5S/c1-12(18(20)23)26-17(22)11-16(13-7-9-14(19)10-8-13)21-27(24,25)15-5-3-2-4-6-15/h2-10,12,16,21H,11H2,1H3,(H2,20,23)/t12-,16+/m1/s1. The maximum absolute atomic E-state index is 12.6. The molecule has 2 atom stereocenters. The van der Waals surface area contributed by atoms with Crippen LogP contribution in [0, 0.1) is 0 Å². The Balaban J connectivity index is 2.26. The maximum Gasteiger partial charge on any atom is 0.308 e. The molecule has 3 N–H and O–H groups in total. The Morgan fingerprint density at radius 1 is 1.11 bits per heavy atom. The number of primary amides is 1. The second kappa shape index (κ2) is 8.98. The molecule has 0 aliphatic heterocycles. The average Bonchev–Trinajstić information content (AvgIpc) is 2.62. The van der Waals surface area contributed by atoms with E-state index in [9.17, 15) is 18.0 Å². The van der Waals surface area contributed by atoms with Crippen LogP contribution >= 0.6 is 11.6 Å². The van der Waals surface area contributed by atoms with Gasteiger partial charge in [0.2, 0.25) is 10.0 Å². The number of hydrogen-bond donors (Lipinski definition) is 2. The molecular formula is C18H19ClN2O5S. The van der Waals surface area contributed by atoms with Crippen molar-refractivity contribution < 1.29 is 22.7 Å². The summed E-state index contributed by atoms with van der Waals surface area (Å²) in [5.74, 6) is -1.56. The van der Waals surface area contributed by atoms with E-state index in [1.54, 1.807) is 42.5 Å². The molecule has 0 aromatic heterocycles. The molecule has 0 spiro atoms. The number of rotatable bonds is 8. The largest absolute Gasteiger partial charge is 0.452 e. The quantitative estimate of drug-likeness (QED) is 0.647. The molecule has 0 bridgehead atoms. The lowest BCUT2D eigenvalue weighted by atomic mass is 10.1. The zero-order valence-corrected chi connectivity index (χ0v) is 16.0. The van der Waals surface area contributed by atoms with Gasteiger partial charge in [-0.25, -0.2) is 13.1 Å². The molecule has 0 heterocycles. The number of carbonyl (C=O) groups excluding carboxylic acids is 2. The van der Waals surface area contributed by atoms with Gasteiger partial charge in [-0.3, -0.25) is 9.59 Å². The van der Waals surface area contributed by atoms with E-state index >= 15 is 0 Å². The number of nitrogens with two attached hydrogens (primary N) is 1. The fourth-order valence-electron chi connectivity index (χ4n) is 2.25. The monoisotopic (exact) mass is 410 g/mol. The van der Waals surface area contributed by atoms with Gasteiger partial charge in [-0.1, -0.05) is 41.9 Å². The zero-order valence-electron chi connectivity index (χ0n) is 14.5. The van der Waals surface area contributed by atoms with Crippen molar-refractivity contribution in [2.24, 2.45) is 5.73 Å². The number of amides is 1. The summed E-state index contributed by atoms with van der Waals surface area (Å²) >= 11 is 5.87. The van der Waals surface area contributed by atoms with Crippen LogP contribution in [0.2, 0.25) is 5.02 Å². The molecular weight excluding hydrogens is 392 g/mol. The van der Waals surface area contributed by atoms with Gasteiger partial charge >= 0.3 is 5.97 Å². The summed E-state index contributed by atoms with van der Waals surface area (Å²) in [6, 6.07) is 13.2. The van der Waals surface area contributed by atoms with Crippen LogP contribution in [0.5, 0.6) is 0 Å². The molecule has 0 aliphatic carbocycles. The van der Waals surface area contributed by atoms with Crippen LogP contribution in [0.25, 0.3) is 0 Å². The van der Waals surface area contributed by atoms with Crippen LogP contribution in [0.1, 0.15) is 24.9 Å². The number of halogens is 1. The van der Waals surface area contributed by atoms with E-state index in [-0.39, 0.29) is 11.3 Å². The minimum atomic E-state index is -3.89. The van der Waals surface area contributed by atoms with Crippen LogP contribution in [0.4, 0.5) is 0 Å². The lowest BCUT2D eigenvalue weighted by Gasteiger charge is -2.19. The highest BCUT2D eigenvalue weighted by Crippen LogP contribution is 2.23. The Morgan fingerprint density at radius 2 is 1.70 bits per heavy atom. The molecule has 9 heteroatoms. The van der Waals surface area contributed by atoms with Gasteiger partial charge in [0.15, 0.2) is 6.10 Å². The summed E-state index contributed by atoms with van der Waals surface area (Å²) in [4.78, 5) is 23.3. The third-order valence-corrected chi connectivity index (χ3v) is 5.44. The predicted octanol–water partition coefficient (Wildman–Crippen LogP) is 2.17. The van der Waals surface area contributed by atoms with Gasteiger partial charge in [0, 0.05) is 5.02 Å². The van der Waals surface area contributed by atoms with Gasteiger partial charge in [0.1, 0.15) is 0 Å². The summed E-state index contributed by atoms with van der Waals surface area (Å²) in [6.07, 6.45) is -1.44. The van der Waals surface area contributed by atoms with E-state index in [1.807, 2.05) is 0 Å². The van der Waals surface area contributed by atoms with Gasteiger partial charge in [-0.15, -0.1) is 0 Å². The van der Waals surface area contributed by atoms with E-state index in [4.69, 9.17) is 22.1 Å². The number of benzene rings is 2. The molecule has 0 saturated heterocycles. The van der Waals surface area contributed by atoms with Crippen LogP contribution < -0.4 is 10.5 Å². The molecule has 2 aromatic rings. The number of hydrogen-bond acceptors (Lipinski definition) is 5. The molecule has 1 amide bonds. The third-order valence-electron chi connectivity index (χ3n) is 3.70. The average molecular weight is 411 g/mol. The molecule has 0 fully saturated rings. The van der Waals surface area contributed by atoms with Gasteiger partial charge in [-0.2, -0.15) is 0 Å². The van der Waals surface area contributed by atoms with Gasteiger partial charge < -0.3 is 10.5 Å². The highest BCUT2D eigenvalue weighted by atomic mass is 35.5. The van der Waals surface area contributed by atoms with Gasteiger partial charge in [-0.05, 0) is 36.8 Å². The molecule has 7 nitrogen and oxygen atoms in total. The van der Waals surface area contributed by atoms with Crippen molar-refractivity contribution in [3.05, 3.63) is 65.2 Å². The Hall–Kier alpha value is -2.42. The lowest BCUT2D eigenvalue weighted by Crippen LogP contribution is -2.34. The van der Waals surface area contributed by atoms with Crippen LogP contribution in [-0.4, -0.2) is 26.4 Å². The van der Waals surface area contributed by atoms with E-state index in [0.29, 0.717) is 10.6 Å². The molecule has 0 aliphatic rings. The van der Waals surface area contributed by atoms with Crippen LogP contribution in [0.3, 0.4) is 0 Å². The fourth-order valence-corrected chi connectivity index (χ4v) is 3.62. The maximum atomic E-state index is 12.6. The number of esters is 1. The van der Waals surface area contributed by atoms with Crippen molar-refractivity contribution in [3.8, 4) is 0 Å². The smallest absolute Gasteiger partial charge is 0.308 e. The minimum Gasteiger partial charge on any atom is -0.452 e. The van der Waals surface area contributed by atoms with E-state index in [2.05, 4.69) is 4.72 Å². The first-order valence-electron chi connectivity index (χ1n) is 8.00. The van der Waals surface area contributed by atoms with E-state index in [1.165, 1.54) is 19.1 Å². The van der Waals surface area contributed by atoms with Crippen molar-refractivity contribution in [3.63, 3.8) is 0 Å². The second-order valence-electron chi connectivity index (χ2n) is 5.78. The molecule has 2 rings (SSSR count). The summed E-state index contributed by atoms with van der Waals surface area (Å²) in [5, 5.41) is 0.466. The predicted molar refractivity (Wildman–Crippen MR) is 100 cm³/mol. The molecule has 27 heavy (non-hydrogen) atoms. The number of nitrogens with one attached hydrogen (secondary N) is 1. The zero-order chi connectivity index (χ0) is 20.0. The van der Waals surface area contributed by atoms with Crippen molar-refractivity contribution in [2.45, 2.75) is 30.4 Å². The van der Waals surface area contributed by atoms with Crippen LogP contribution in [0.15, 0.2) is 59.5 Å². The molecule has 0 radical (unpaired) electrons. The molecule has 0 unspecified atom stereocenters. The van der Waals surface area contributed by atoms with E-state index < -0.39 is 34.0 Å². The van der Waals surface area contributed by atoms with Crippen molar-refractivity contribution >= 4 is 33.5 Å². The fraction of sp³-hybridized carbons (Fsp3) is 0.222. The van der Waals surface area contributed by atoms with Gasteiger partial charge in [0.25, 0.3) is 5.91 Å².